The number of rotatable bonds is 6. The van der Waals surface area contributed by atoms with Crippen molar-refractivity contribution >= 4 is 5.78 Å². The SMILES string of the molecule is CCc1cc(CC(=O)CCC2CCCCC2)n(C)n1. The third-order valence-corrected chi connectivity index (χ3v) is 4.32. The van der Waals surface area contributed by atoms with Gasteiger partial charge in [-0.15, -0.1) is 0 Å². The molecule has 0 N–H and O–H groups in total. The average molecular weight is 262 g/mol. The minimum Gasteiger partial charge on any atom is -0.299 e. The maximum absolute atomic E-state index is 12.1. The van der Waals surface area contributed by atoms with Crippen molar-refractivity contribution in [2.75, 3.05) is 0 Å². The highest BCUT2D eigenvalue weighted by molar-refractivity contribution is 5.80. The van der Waals surface area contributed by atoms with E-state index in [9.17, 15) is 4.79 Å². The Kier molecular flexibility index (Phi) is 5.17. The smallest absolute Gasteiger partial charge is 0.138 e. The van der Waals surface area contributed by atoms with Crippen LogP contribution in [0.15, 0.2) is 6.07 Å². The summed E-state index contributed by atoms with van der Waals surface area (Å²) in [6.07, 6.45) is 10.1. The molecule has 1 aliphatic carbocycles. The number of hydrogen-bond donors (Lipinski definition) is 0. The van der Waals surface area contributed by atoms with E-state index in [-0.39, 0.29) is 0 Å². The highest BCUT2D eigenvalue weighted by Gasteiger charge is 2.16. The molecule has 0 atom stereocenters. The monoisotopic (exact) mass is 262 g/mol. The lowest BCUT2D eigenvalue weighted by Crippen LogP contribution is -2.11. The van der Waals surface area contributed by atoms with E-state index in [1.54, 1.807) is 0 Å². The Morgan fingerprint density at radius 3 is 2.74 bits per heavy atom. The third-order valence-electron chi connectivity index (χ3n) is 4.32. The summed E-state index contributed by atoms with van der Waals surface area (Å²) in [6, 6.07) is 2.07. The average Bonchev–Trinajstić information content (AvgIpc) is 2.78. The van der Waals surface area contributed by atoms with E-state index in [1.807, 2.05) is 11.7 Å². The van der Waals surface area contributed by atoms with Gasteiger partial charge in [0.15, 0.2) is 0 Å². The molecule has 0 radical (unpaired) electrons. The van der Waals surface area contributed by atoms with Crippen LogP contribution in [0.25, 0.3) is 0 Å². The third kappa shape index (κ3) is 4.19. The van der Waals surface area contributed by atoms with Gasteiger partial charge in [-0.25, -0.2) is 0 Å². The van der Waals surface area contributed by atoms with Gasteiger partial charge >= 0.3 is 0 Å². The molecule has 3 nitrogen and oxygen atoms in total. The molecular formula is C16H26N2O. The van der Waals surface area contributed by atoms with Crippen molar-refractivity contribution in [1.29, 1.82) is 0 Å². The topological polar surface area (TPSA) is 34.9 Å². The van der Waals surface area contributed by atoms with Crippen molar-refractivity contribution in [2.45, 2.75) is 64.7 Å². The van der Waals surface area contributed by atoms with E-state index in [0.717, 1.165) is 36.6 Å². The minimum absolute atomic E-state index is 0.372. The van der Waals surface area contributed by atoms with Crippen LogP contribution in [0.4, 0.5) is 0 Å². The Hall–Kier alpha value is -1.12. The molecule has 1 saturated carbocycles. The quantitative estimate of drug-likeness (QED) is 0.787. The first kappa shape index (κ1) is 14.3. The van der Waals surface area contributed by atoms with E-state index < -0.39 is 0 Å². The molecule has 1 aromatic heterocycles. The lowest BCUT2D eigenvalue weighted by atomic mass is 9.85. The molecule has 0 aliphatic heterocycles. The zero-order valence-corrected chi connectivity index (χ0v) is 12.3. The van der Waals surface area contributed by atoms with Crippen LogP contribution in [0, 0.1) is 5.92 Å². The van der Waals surface area contributed by atoms with Crippen LogP contribution in [0.2, 0.25) is 0 Å². The molecule has 0 bridgehead atoms. The Balaban J connectivity index is 1.78. The van der Waals surface area contributed by atoms with Crippen LogP contribution in [-0.4, -0.2) is 15.6 Å². The number of aromatic nitrogens is 2. The van der Waals surface area contributed by atoms with Crippen molar-refractivity contribution in [1.82, 2.24) is 9.78 Å². The van der Waals surface area contributed by atoms with Crippen molar-refractivity contribution in [3.05, 3.63) is 17.5 Å². The molecule has 1 heterocycles. The van der Waals surface area contributed by atoms with E-state index in [2.05, 4.69) is 18.1 Å². The number of Topliss-reactive ketones (excluding diaryl/α,β-unsaturated/α-hetero) is 1. The number of hydrogen-bond acceptors (Lipinski definition) is 2. The summed E-state index contributed by atoms with van der Waals surface area (Å²) in [7, 11) is 1.93. The van der Waals surface area contributed by atoms with Crippen LogP contribution in [0.5, 0.6) is 0 Å². The largest absolute Gasteiger partial charge is 0.299 e. The van der Waals surface area contributed by atoms with Gasteiger partial charge in [0.1, 0.15) is 5.78 Å². The number of carbonyl (C=O) groups excluding carboxylic acids is 1. The molecule has 106 valence electrons. The molecule has 0 unspecified atom stereocenters. The van der Waals surface area contributed by atoms with Gasteiger partial charge in [0.05, 0.1) is 5.69 Å². The standard InChI is InChI=1S/C16H26N2O/c1-3-14-11-15(18(2)17-14)12-16(19)10-9-13-7-5-4-6-8-13/h11,13H,3-10,12H2,1-2H3. The lowest BCUT2D eigenvalue weighted by Gasteiger charge is -2.20. The fraction of sp³-hybridized carbons (Fsp3) is 0.750. The molecule has 0 saturated heterocycles. The molecule has 1 fully saturated rings. The normalized spacial score (nSPS) is 16.7. The Labute approximate surface area is 116 Å². The Morgan fingerprint density at radius 1 is 1.37 bits per heavy atom. The maximum atomic E-state index is 12.1. The predicted molar refractivity (Wildman–Crippen MR) is 77.1 cm³/mol. The van der Waals surface area contributed by atoms with Gasteiger partial charge in [0.2, 0.25) is 0 Å². The van der Waals surface area contributed by atoms with Gasteiger partial charge < -0.3 is 0 Å². The Morgan fingerprint density at radius 2 is 2.11 bits per heavy atom. The lowest BCUT2D eigenvalue weighted by molar-refractivity contribution is -0.118. The fourth-order valence-corrected chi connectivity index (χ4v) is 3.04. The molecule has 1 aromatic rings. The number of nitrogens with zero attached hydrogens (tertiary/aromatic N) is 2. The summed E-state index contributed by atoms with van der Waals surface area (Å²) in [5.74, 6) is 1.17. The number of ketones is 1. The van der Waals surface area contributed by atoms with Crippen LogP contribution >= 0.6 is 0 Å². The van der Waals surface area contributed by atoms with E-state index in [1.165, 1.54) is 32.1 Å². The van der Waals surface area contributed by atoms with Gasteiger partial charge in [0, 0.05) is 25.6 Å². The van der Waals surface area contributed by atoms with E-state index >= 15 is 0 Å². The second-order valence-electron chi connectivity index (χ2n) is 5.86. The van der Waals surface area contributed by atoms with Crippen molar-refractivity contribution in [2.24, 2.45) is 13.0 Å². The van der Waals surface area contributed by atoms with Crippen molar-refractivity contribution < 1.29 is 4.79 Å². The number of aryl methyl sites for hydroxylation is 2. The summed E-state index contributed by atoms with van der Waals surface area (Å²) in [5, 5.41) is 4.40. The van der Waals surface area contributed by atoms with E-state index in [4.69, 9.17) is 0 Å². The van der Waals surface area contributed by atoms with Crippen LogP contribution in [0.3, 0.4) is 0 Å². The van der Waals surface area contributed by atoms with Crippen LogP contribution < -0.4 is 0 Å². The Bertz CT molecular complexity index is 416. The molecule has 2 rings (SSSR count). The zero-order valence-electron chi connectivity index (χ0n) is 12.3. The highest BCUT2D eigenvalue weighted by Crippen LogP contribution is 2.27. The summed E-state index contributed by atoms with van der Waals surface area (Å²) < 4.78 is 1.86. The van der Waals surface area contributed by atoms with Gasteiger partial charge in [-0.1, -0.05) is 39.0 Å². The summed E-state index contributed by atoms with van der Waals surface area (Å²) >= 11 is 0. The van der Waals surface area contributed by atoms with Gasteiger partial charge in [-0.2, -0.15) is 5.10 Å². The molecular weight excluding hydrogens is 236 g/mol. The molecule has 19 heavy (non-hydrogen) atoms. The molecule has 1 aliphatic rings. The molecule has 0 amide bonds. The minimum atomic E-state index is 0.372. The predicted octanol–water partition coefficient (Wildman–Crippen LogP) is 3.45. The second kappa shape index (κ2) is 6.88. The summed E-state index contributed by atoms with van der Waals surface area (Å²) in [4.78, 5) is 12.1. The second-order valence-corrected chi connectivity index (χ2v) is 5.86. The first-order valence-electron chi connectivity index (χ1n) is 7.72. The summed E-state index contributed by atoms with van der Waals surface area (Å²) in [5.41, 5.74) is 2.14. The molecule has 0 spiro atoms. The van der Waals surface area contributed by atoms with Crippen LogP contribution in [-0.2, 0) is 24.7 Å². The number of carbonyl (C=O) groups is 1. The summed E-state index contributed by atoms with van der Waals surface area (Å²) in [6.45, 7) is 2.09. The van der Waals surface area contributed by atoms with E-state index in [0.29, 0.717) is 12.2 Å². The first-order valence-corrected chi connectivity index (χ1v) is 7.72. The molecule has 0 aromatic carbocycles. The molecule has 3 heteroatoms. The first-order chi connectivity index (χ1) is 9.19. The van der Waals surface area contributed by atoms with Gasteiger partial charge in [-0.3, -0.25) is 9.48 Å². The van der Waals surface area contributed by atoms with Crippen LogP contribution in [0.1, 0.15) is 63.3 Å². The zero-order chi connectivity index (χ0) is 13.7. The fourth-order valence-electron chi connectivity index (χ4n) is 3.04. The van der Waals surface area contributed by atoms with Gasteiger partial charge in [0.25, 0.3) is 0 Å². The van der Waals surface area contributed by atoms with Crippen molar-refractivity contribution in [3.63, 3.8) is 0 Å². The maximum Gasteiger partial charge on any atom is 0.138 e. The highest BCUT2D eigenvalue weighted by atomic mass is 16.1. The van der Waals surface area contributed by atoms with Gasteiger partial charge in [-0.05, 0) is 24.8 Å². The van der Waals surface area contributed by atoms with Crippen molar-refractivity contribution in [3.8, 4) is 0 Å².